The Balaban J connectivity index is 2.95. The standard InChI is InChI=1S/C17H23NOSi/c1-5-12-18-17(15-9-7-6-8-10-15)14-16(19)11-13-20(2,3)4/h6-10,14,18H,5,12H2,1-4H3/b17-14-. The van der Waals surface area contributed by atoms with E-state index in [1.807, 2.05) is 30.3 Å². The molecule has 0 atom stereocenters. The summed E-state index contributed by atoms with van der Waals surface area (Å²) in [6.45, 7) is 9.33. The van der Waals surface area contributed by atoms with Gasteiger partial charge in [0, 0.05) is 18.3 Å². The van der Waals surface area contributed by atoms with Gasteiger partial charge in [0.2, 0.25) is 5.78 Å². The molecule has 0 heterocycles. The van der Waals surface area contributed by atoms with Gasteiger partial charge in [-0.05, 0) is 17.9 Å². The van der Waals surface area contributed by atoms with Crippen LogP contribution in [-0.4, -0.2) is 20.4 Å². The van der Waals surface area contributed by atoms with Crippen molar-refractivity contribution in [3.8, 4) is 11.5 Å². The first-order chi connectivity index (χ1) is 9.42. The summed E-state index contributed by atoms with van der Waals surface area (Å²) in [5.41, 5.74) is 4.97. The minimum absolute atomic E-state index is 0.130. The number of rotatable bonds is 5. The van der Waals surface area contributed by atoms with E-state index in [2.05, 4.69) is 43.3 Å². The monoisotopic (exact) mass is 285 g/mol. The Labute approximate surface area is 123 Å². The number of carbonyl (C=O) groups is 1. The number of carbonyl (C=O) groups excluding carboxylic acids is 1. The highest BCUT2D eigenvalue weighted by molar-refractivity contribution is 6.84. The van der Waals surface area contributed by atoms with Crippen molar-refractivity contribution in [3.05, 3.63) is 42.0 Å². The van der Waals surface area contributed by atoms with Gasteiger partial charge >= 0.3 is 0 Å². The highest BCUT2D eigenvalue weighted by atomic mass is 28.3. The summed E-state index contributed by atoms with van der Waals surface area (Å²) in [5, 5.41) is 3.30. The Hall–Kier alpha value is -1.79. The Morgan fingerprint density at radius 1 is 1.25 bits per heavy atom. The molecule has 2 nitrogen and oxygen atoms in total. The second-order valence-corrected chi connectivity index (χ2v) is 10.5. The van der Waals surface area contributed by atoms with Crippen molar-refractivity contribution in [3.63, 3.8) is 0 Å². The molecule has 0 saturated heterocycles. The van der Waals surface area contributed by atoms with E-state index in [4.69, 9.17) is 0 Å². The molecule has 1 aromatic carbocycles. The molecule has 1 N–H and O–H groups in total. The zero-order valence-electron chi connectivity index (χ0n) is 12.8. The molecule has 0 aromatic heterocycles. The molecule has 0 spiro atoms. The van der Waals surface area contributed by atoms with Crippen LogP contribution in [0, 0.1) is 11.5 Å². The fourth-order valence-electron chi connectivity index (χ4n) is 1.53. The molecule has 0 saturated carbocycles. The zero-order valence-corrected chi connectivity index (χ0v) is 13.8. The molecule has 1 rings (SSSR count). The second-order valence-electron chi connectivity index (χ2n) is 5.72. The Kier molecular flexibility index (Phi) is 6.27. The van der Waals surface area contributed by atoms with Crippen molar-refractivity contribution in [1.82, 2.24) is 5.32 Å². The number of nitrogens with one attached hydrogen (secondary N) is 1. The Bertz CT molecular complexity index is 530. The smallest absolute Gasteiger partial charge is 0.230 e. The molecular weight excluding hydrogens is 262 g/mol. The molecule has 0 fully saturated rings. The molecule has 0 bridgehead atoms. The largest absolute Gasteiger partial charge is 0.384 e. The summed E-state index contributed by atoms with van der Waals surface area (Å²) in [7, 11) is -1.51. The molecule has 0 aliphatic heterocycles. The first kappa shape index (κ1) is 16.3. The molecule has 0 aliphatic rings. The van der Waals surface area contributed by atoms with Gasteiger partial charge in [0.1, 0.15) is 8.07 Å². The van der Waals surface area contributed by atoms with Gasteiger partial charge in [-0.3, -0.25) is 4.79 Å². The summed E-state index contributed by atoms with van der Waals surface area (Å²) < 4.78 is 0. The fraction of sp³-hybridized carbons (Fsp3) is 0.353. The molecule has 106 valence electrons. The zero-order chi connectivity index (χ0) is 15.0. The van der Waals surface area contributed by atoms with E-state index in [0.717, 1.165) is 24.2 Å². The fourth-order valence-corrected chi connectivity index (χ4v) is 2.03. The Morgan fingerprint density at radius 2 is 1.90 bits per heavy atom. The molecule has 20 heavy (non-hydrogen) atoms. The number of hydrogen-bond acceptors (Lipinski definition) is 2. The van der Waals surface area contributed by atoms with Gasteiger partial charge in [-0.2, -0.15) is 0 Å². The molecule has 0 aliphatic carbocycles. The van der Waals surface area contributed by atoms with Gasteiger partial charge in [-0.15, -0.1) is 5.54 Å². The average molecular weight is 285 g/mol. The summed E-state index contributed by atoms with van der Waals surface area (Å²) in [6, 6.07) is 9.89. The van der Waals surface area contributed by atoms with Crippen molar-refractivity contribution in [2.24, 2.45) is 0 Å². The van der Waals surface area contributed by atoms with E-state index in [1.165, 1.54) is 0 Å². The SMILES string of the molecule is CCCN/C(=C\C(=O)C#C[Si](C)(C)C)c1ccccc1. The van der Waals surface area contributed by atoms with E-state index in [-0.39, 0.29) is 5.78 Å². The molecule has 1 aromatic rings. The normalized spacial score (nSPS) is 11.5. The van der Waals surface area contributed by atoms with Crippen LogP contribution in [0.3, 0.4) is 0 Å². The van der Waals surface area contributed by atoms with Crippen LogP contribution in [0.1, 0.15) is 18.9 Å². The van der Waals surface area contributed by atoms with Gasteiger partial charge in [-0.1, -0.05) is 56.9 Å². The van der Waals surface area contributed by atoms with Gasteiger partial charge in [0.05, 0.1) is 0 Å². The van der Waals surface area contributed by atoms with Crippen molar-refractivity contribution >= 4 is 19.6 Å². The average Bonchev–Trinajstić information content (AvgIpc) is 2.41. The van der Waals surface area contributed by atoms with Crippen LogP contribution in [0.4, 0.5) is 0 Å². The van der Waals surface area contributed by atoms with Crippen molar-refractivity contribution in [2.45, 2.75) is 33.0 Å². The van der Waals surface area contributed by atoms with Gasteiger partial charge in [0.25, 0.3) is 0 Å². The van der Waals surface area contributed by atoms with Crippen LogP contribution in [0.25, 0.3) is 5.70 Å². The lowest BCUT2D eigenvalue weighted by Crippen LogP contribution is -2.17. The number of allylic oxidation sites excluding steroid dienone is 1. The minimum Gasteiger partial charge on any atom is -0.384 e. The first-order valence-electron chi connectivity index (χ1n) is 7.00. The van der Waals surface area contributed by atoms with E-state index in [1.54, 1.807) is 6.08 Å². The van der Waals surface area contributed by atoms with E-state index in [0.29, 0.717) is 0 Å². The summed E-state index contributed by atoms with van der Waals surface area (Å²) in [6.07, 6.45) is 2.62. The van der Waals surface area contributed by atoms with Gasteiger partial charge in [0.15, 0.2) is 0 Å². The lowest BCUT2D eigenvalue weighted by Gasteiger charge is -2.09. The van der Waals surface area contributed by atoms with Crippen molar-refractivity contribution in [2.75, 3.05) is 6.54 Å². The summed E-state index contributed by atoms with van der Waals surface area (Å²) in [5.74, 6) is 2.63. The van der Waals surface area contributed by atoms with Crippen molar-refractivity contribution < 1.29 is 4.79 Å². The maximum atomic E-state index is 12.0. The second kappa shape index (κ2) is 7.71. The predicted octanol–water partition coefficient (Wildman–Crippen LogP) is 3.48. The summed E-state index contributed by atoms with van der Waals surface area (Å²) >= 11 is 0. The lowest BCUT2D eigenvalue weighted by atomic mass is 10.1. The number of ketones is 1. The number of hydrogen-bond donors (Lipinski definition) is 1. The molecule has 0 amide bonds. The maximum absolute atomic E-state index is 12.0. The third-order valence-electron chi connectivity index (χ3n) is 2.49. The van der Waals surface area contributed by atoms with Crippen LogP contribution in [-0.2, 0) is 4.79 Å². The van der Waals surface area contributed by atoms with Crippen molar-refractivity contribution in [1.29, 1.82) is 0 Å². The quantitative estimate of drug-likeness (QED) is 0.510. The Morgan fingerprint density at radius 3 is 2.45 bits per heavy atom. The molecule has 0 radical (unpaired) electrons. The van der Waals surface area contributed by atoms with E-state index >= 15 is 0 Å². The van der Waals surface area contributed by atoms with Gasteiger partial charge in [-0.25, -0.2) is 0 Å². The minimum atomic E-state index is -1.51. The van der Waals surface area contributed by atoms with Crippen LogP contribution >= 0.6 is 0 Å². The highest BCUT2D eigenvalue weighted by Gasteiger charge is 2.08. The summed E-state index contributed by atoms with van der Waals surface area (Å²) in [4.78, 5) is 12.0. The van der Waals surface area contributed by atoms with Crippen LogP contribution < -0.4 is 5.32 Å². The molecular formula is C17H23NOSi. The first-order valence-corrected chi connectivity index (χ1v) is 10.5. The van der Waals surface area contributed by atoms with Gasteiger partial charge < -0.3 is 5.32 Å². The van der Waals surface area contributed by atoms with Crippen LogP contribution in [0.2, 0.25) is 19.6 Å². The van der Waals surface area contributed by atoms with Crippen LogP contribution in [0.15, 0.2) is 36.4 Å². The predicted molar refractivity (Wildman–Crippen MR) is 88.8 cm³/mol. The molecule has 0 unspecified atom stereocenters. The molecule has 3 heteroatoms. The third kappa shape index (κ3) is 6.40. The topological polar surface area (TPSA) is 29.1 Å². The van der Waals surface area contributed by atoms with E-state index in [9.17, 15) is 4.79 Å². The highest BCUT2D eigenvalue weighted by Crippen LogP contribution is 2.10. The third-order valence-corrected chi connectivity index (χ3v) is 3.36. The van der Waals surface area contributed by atoms with Crippen LogP contribution in [0.5, 0.6) is 0 Å². The maximum Gasteiger partial charge on any atom is 0.230 e. The number of benzene rings is 1. The lowest BCUT2D eigenvalue weighted by molar-refractivity contribution is -0.109. The van der Waals surface area contributed by atoms with E-state index < -0.39 is 8.07 Å².